The van der Waals surface area contributed by atoms with Crippen LogP contribution in [0.25, 0.3) is 5.69 Å². The lowest BCUT2D eigenvalue weighted by molar-refractivity contribution is -0.384. The second-order valence-corrected chi connectivity index (χ2v) is 7.37. The standard InChI is InChI=1S/C20H25N5O4/c1-13-11-18(26)19(20(27)22-15(12-21)14-7-3-2-4-8-14)23-24(13)16-9-5-6-10-17(16)25(28)29/h5-6,9-11,14-15H,2-4,7-8,12,21H2,1H3,(H,22,27). The number of nitrogens with one attached hydrogen (secondary N) is 1. The number of nitrogens with zero attached hydrogens (tertiary/aromatic N) is 3. The number of para-hydroxylation sites is 2. The number of nitro groups is 1. The number of amides is 1. The molecule has 1 atom stereocenters. The molecule has 1 amide bonds. The Bertz CT molecular complexity index is 966. The largest absolute Gasteiger partial charge is 0.346 e. The molecule has 1 aliphatic rings. The first kappa shape index (κ1) is 20.7. The van der Waals surface area contributed by atoms with Gasteiger partial charge in [-0.3, -0.25) is 19.7 Å². The molecule has 0 spiro atoms. The highest BCUT2D eigenvalue weighted by Crippen LogP contribution is 2.26. The van der Waals surface area contributed by atoms with E-state index in [0.717, 1.165) is 25.7 Å². The Morgan fingerprint density at radius 3 is 2.69 bits per heavy atom. The number of carbonyl (C=O) groups excluding carboxylic acids is 1. The quantitative estimate of drug-likeness (QED) is 0.564. The van der Waals surface area contributed by atoms with Gasteiger partial charge in [0.05, 0.1) is 4.92 Å². The van der Waals surface area contributed by atoms with Crippen LogP contribution in [-0.4, -0.2) is 33.2 Å². The number of benzene rings is 1. The third kappa shape index (κ3) is 4.51. The van der Waals surface area contributed by atoms with Gasteiger partial charge in [-0.2, -0.15) is 5.10 Å². The highest BCUT2D eigenvalue weighted by molar-refractivity contribution is 5.92. The first-order valence-corrected chi connectivity index (χ1v) is 9.78. The van der Waals surface area contributed by atoms with E-state index in [-0.39, 0.29) is 35.6 Å². The van der Waals surface area contributed by atoms with Crippen molar-refractivity contribution in [2.24, 2.45) is 11.7 Å². The molecular weight excluding hydrogens is 374 g/mol. The molecule has 1 heterocycles. The molecule has 154 valence electrons. The lowest BCUT2D eigenvalue weighted by Crippen LogP contribution is -2.47. The van der Waals surface area contributed by atoms with Crippen LogP contribution >= 0.6 is 0 Å². The Hall–Kier alpha value is -3.07. The van der Waals surface area contributed by atoms with Gasteiger partial charge in [-0.25, -0.2) is 4.68 Å². The van der Waals surface area contributed by atoms with Gasteiger partial charge in [0.1, 0.15) is 5.69 Å². The predicted octanol–water partition coefficient (Wildman–Crippen LogP) is 2.09. The maximum absolute atomic E-state index is 12.8. The lowest BCUT2D eigenvalue weighted by Gasteiger charge is -2.29. The van der Waals surface area contributed by atoms with Crippen molar-refractivity contribution in [3.05, 3.63) is 62.1 Å². The smallest absolute Gasteiger partial charge is 0.294 e. The van der Waals surface area contributed by atoms with Crippen LogP contribution in [0.3, 0.4) is 0 Å². The van der Waals surface area contributed by atoms with Gasteiger partial charge in [-0.15, -0.1) is 0 Å². The molecule has 1 fully saturated rings. The van der Waals surface area contributed by atoms with Gasteiger partial charge in [0.15, 0.2) is 5.69 Å². The number of hydrogen-bond donors (Lipinski definition) is 2. The molecule has 1 unspecified atom stereocenters. The second-order valence-electron chi connectivity index (χ2n) is 7.37. The fourth-order valence-electron chi connectivity index (χ4n) is 3.89. The van der Waals surface area contributed by atoms with E-state index in [9.17, 15) is 19.7 Å². The van der Waals surface area contributed by atoms with Gasteiger partial charge in [0, 0.05) is 30.4 Å². The topological polar surface area (TPSA) is 133 Å². The molecule has 0 radical (unpaired) electrons. The molecule has 1 saturated carbocycles. The van der Waals surface area contributed by atoms with Crippen LogP contribution in [-0.2, 0) is 0 Å². The summed E-state index contributed by atoms with van der Waals surface area (Å²) in [6.45, 7) is 1.89. The zero-order chi connectivity index (χ0) is 21.0. The Balaban J connectivity index is 1.94. The molecule has 29 heavy (non-hydrogen) atoms. The van der Waals surface area contributed by atoms with Crippen molar-refractivity contribution in [1.82, 2.24) is 15.1 Å². The van der Waals surface area contributed by atoms with E-state index in [0.29, 0.717) is 5.69 Å². The Kier molecular flexibility index (Phi) is 6.38. The second kappa shape index (κ2) is 8.95. The fourth-order valence-corrected chi connectivity index (χ4v) is 3.89. The van der Waals surface area contributed by atoms with Crippen LogP contribution < -0.4 is 16.5 Å². The van der Waals surface area contributed by atoms with Gasteiger partial charge >= 0.3 is 0 Å². The highest BCUT2D eigenvalue weighted by Gasteiger charge is 2.26. The minimum atomic E-state index is -0.608. The molecule has 2 aromatic rings. The van der Waals surface area contributed by atoms with Crippen molar-refractivity contribution >= 4 is 11.6 Å². The van der Waals surface area contributed by atoms with Crippen LogP contribution in [0.5, 0.6) is 0 Å². The van der Waals surface area contributed by atoms with Gasteiger partial charge < -0.3 is 11.1 Å². The van der Waals surface area contributed by atoms with Gasteiger partial charge in [-0.1, -0.05) is 31.4 Å². The van der Waals surface area contributed by atoms with Gasteiger partial charge in [0.25, 0.3) is 11.6 Å². The maximum atomic E-state index is 12.8. The van der Waals surface area contributed by atoms with Gasteiger partial charge in [-0.05, 0) is 31.7 Å². The van der Waals surface area contributed by atoms with E-state index in [2.05, 4.69) is 10.4 Å². The third-order valence-electron chi connectivity index (χ3n) is 5.42. The monoisotopic (exact) mass is 399 g/mol. The zero-order valence-electron chi connectivity index (χ0n) is 16.3. The molecule has 1 aromatic heterocycles. The van der Waals surface area contributed by atoms with Crippen molar-refractivity contribution in [2.45, 2.75) is 45.1 Å². The molecule has 3 N–H and O–H groups in total. The number of aryl methyl sites for hydroxylation is 1. The number of aromatic nitrogens is 2. The SMILES string of the molecule is Cc1cc(=O)c(C(=O)NC(CN)C2CCCCC2)nn1-c1ccccc1[N+](=O)[O-]. The summed E-state index contributed by atoms with van der Waals surface area (Å²) >= 11 is 0. The Morgan fingerprint density at radius 2 is 2.03 bits per heavy atom. The molecule has 1 aromatic carbocycles. The molecule has 0 saturated heterocycles. The van der Waals surface area contributed by atoms with E-state index in [1.165, 1.54) is 29.3 Å². The molecule has 1 aliphatic carbocycles. The van der Waals surface area contributed by atoms with Crippen molar-refractivity contribution in [3.63, 3.8) is 0 Å². The summed E-state index contributed by atoms with van der Waals surface area (Å²) in [6.07, 6.45) is 5.37. The summed E-state index contributed by atoms with van der Waals surface area (Å²) in [4.78, 5) is 36.1. The Morgan fingerprint density at radius 1 is 1.34 bits per heavy atom. The molecule has 0 bridgehead atoms. The lowest BCUT2D eigenvalue weighted by atomic mass is 9.84. The number of carbonyl (C=O) groups is 1. The van der Waals surface area contributed by atoms with Crippen molar-refractivity contribution in [3.8, 4) is 5.69 Å². The Labute approximate surface area is 168 Å². The van der Waals surface area contributed by atoms with E-state index in [1.807, 2.05) is 0 Å². The summed E-state index contributed by atoms with van der Waals surface area (Å²) < 4.78 is 1.26. The van der Waals surface area contributed by atoms with Crippen LogP contribution in [0.2, 0.25) is 0 Å². The van der Waals surface area contributed by atoms with E-state index < -0.39 is 16.3 Å². The number of hydrogen-bond acceptors (Lipinski definition) is 6. The third-order valence-corrected chi connectivity index (χ3v) is 5.42. The molecule has 9 heteroatoms. The average molecular weight is 399 g/mol. The van der Waals surface area contributed by atoms with Gasteiger partial charge in [0.2, 0.25) is 5.43 Å². The molecule has 3 rings (SSSR count). The van der Waals surface area contributed by atoms with Crippen LogP contribution in [0.1, 0.15) is 48.3 Å². The number of nitrogens with two attached hydrogens (primary N) is 1. The molecule has 9 nitrogen and oxygen atoms in total. The van der Waals surface area contributed by atoms with Crippen LogP contribution in [0, 0.1) is 23.0 Å². The minimum Gasteiger partial charge on any atom is -0.346 e. The summed E-state index contributed by atoms with van der Waals surface area (Å²) in [7, 11) is 0. The van der Waals surface area contributed by atoms with Crippen LogP contribution in [0.4, 0.5) is 5.69 Å². The summed E-state index contributed by atoms with van der Waals surface area (Å²) in [5, 5.41) is 18.4. The van der Waals surface area contributed by atoms with Crippen molar-refractivity contribution < 1.29 is 9.72 Å². The first-order chi connectivity index (χ1) is 13.9. The van der Waals surface area contributed by atoms with E-state index in [1.54, 1.807) is 19.1 Å². The molecular formula is C20H25N5O4. The summed E-state index contributed by atoms with van der Waals surface area (Å²) in [5.74, 6) is -0.330. The summed E-state index contributed by atoms with van der Waals surface area (Å²) in [6, 6.07) is 7.08. The first-order valence-electron chi connectivity index (χ1n) is 9.78. The average Bonchev–Trinajstić information content (AvgIpc) is 2.72. The summed E-state index contributed by atoms with van der Waals surface area (Å²) in [5.41, 5.74) is 5.45. The normalized spacial score (nSPS) is 15.7. The predicted molar refractivity (Wildman–Crippen MR) is 108 cm³/mol. The minimum absolute atomic E-state index is 0.167. The van der Waals surface area contributed by atoms with Crippen molar-refractivity contribution in [2.75, 3.05) is 6.54 Å². The molecule has 0 aliphatic heterocycles. The van der Waals surface area contributed by atoms with Crippen LogP contribution in [0.15, 0.2) is 35.1 Å². The highest BCUT2D eigenvalue weighted by atomic mass is 16.6. The fraction of sp³-hybridized carbons (Fsp3) is 0.450. The number of rotatable bonds is 6. The number of nitro benzene ring substituents is 1. The van der Waals surface area contributed by atoms with E-state index >= 15 is 0 Å². The maximum Gasteiger partial charge on any atom is 0.294 e. The zero-order valence-corrected chi connectivity index (χ0v) is 16.3. The van der Waals surface area contributed by atoms with E-state index in [4.69, 9.17) is 5.73 Å². The van der Waals surface area contributed by atoms with Crippen molar-refractivity contribution in [1.29, 1.82) is 0 Å².